The van der Waals surface area contributed by atoms with Gasteiger partial charge < -0.3 is 9.47 Å². The highest BCUT2D eigenvalue weighted by Crippen LogP contribution is 2.19. The van der Waals surface area contributed by atoms with Gasteiger partial charge in [0.25, 0.3) is 0 Å². The van der Waals surface area contributed by atoms with Crippen LogP contribution in [-0.2, 0) is 11.3 Å². The summed E-state index contributed by atoms with van der Waals surface area (Å²) in [6, 6.07) is 7.58. The SMILES string of the molecule is COc1ccc(COC(C)C)cc1C#N. The van der Waals surface area contributed by atoms with Crippen molar-refractivity contribution in [2.75, 3.05) is 7.11 Å². The van der Waals surface area contributed by atoms with Crippen LogP contribution in [0.4, 0.5) is 0 Å². The van der Waals surface area contributed by atoms with Gasteiger partial charge in [0.1, 0.15) is 11.8 Å². The smallest absolute Gasteiger partial charge is 0.136 e. The summed E-state index contributed by atoms with van der Waals surface area (Å²) in [5, 5.41) is 8.88. The van der Waals surface area contributed by atoms with Gasteiger partial charge in [-0.15, -0.1) is 0 Å². The molecular weight excluding hydrogens is 190 g/mol. The molecule has 0 amide bonds. The number of rotatable bonds is 4. The first-order valence-corrected chi connectivity index (χ1v) is 4.86. The molecule has 1 rings (SSSR count). The maximum absolute atomic E-state index is 8.88. The Morgan fingerprint density at radius 2 is 2.13 bits per heavy atom. The van der Waals surface area contributed by atoms with Gasteiger partial charge in [0, 0.05) is 0 Å². The van der Waals surface area contributed by atoms with Crippen molar-refractivity contribution in [3.63, 3.8) is 0 Å². The van der Waals surface area contributed by atoms with Crippen molar-refractivity contribution in [3.05, 3.63) is 29.3 Å². The van der Waals surface area contributed by atoms with Gasteiger partial charge in [-0.2, -0.15) is 5.26 Å². The molecule has 1 aromatic carbocycles. The van der Waals surface area contributed by atoms with Crippen molar-refractivity contribution in [3.8, 4) is 11.8 Å². The molecule has 80 valence electrons. The Kier molecular flexibility index (Phi) is 4.14. The Balaban J connectivity index is 2.80. The van der Waals surface area contributed by atoms with E-state index in [1.807, 2.05) is 19.9 Å². The summed E-state index contributed by atoms with van der Waals surface area (Å²) in [5.41, 5.74) is 1.53. The maximum atomic E-state index is 8.88. The lowest BCUT2D eigenvalue weighted by atomic mass is 10.1. The van der Waals surface area contributed by atoms with Crippen molar-refractivity contribution in [1.29, 1.82) is 5.26 Å². The van der Waals surface area contributed by atoms with Gasteiger partial charge in [0.05, 0.1) is 25.4 Å². The number of hydrogen-bond donors (Lipinski definition) is 0. The van der Waals surface area contributed by atoms with E-state index in [4.69, 9.17) is 14.7 Å². The summed E-state index contributed by atoms with van der Waals surface area (Å²) in [4.78, 5) is 0. The molecule has 0 heterocycles. The van der Waals surface area contributed by atoms with Crippen LogP contribution < -0.4 is 4.74 Å². The van der Waals surface area contributed by atoms with Crippen molar-refractivity contribution in [2.24, 2.45) is 0 Å². The van der Waals surface area contributed by atoms with E-state index in [1.54, 1.807) is 19.2 Å². The molecule has 0 radical (unpaired) electrons. The third-order valence-corrected chi connectivity index (χ3v) is 1.97. The molecule has 0 atom stereocenters. The monoisotopic (exact) mass is 205 g/mol. The minimum absolute atomic E-state index is 0.192. The van der Waals surface area contributed by atoms with E-state index < -0.39 is 0 Å². The molecule has 0 aliphatic carbocycles. The number of nitriles is 1. The largest absolute Gasteiger partial charge is 0.495 e. The first-order chi connectivity index (χ1) is 7.17. The van der Waals surface area contributed by atoms with Crippen LogP contribution in [0.3, 0.4) is 0 Å². The van der Waals surface area contributed by atoms with Crippen LogP contribution in [0.2, 0.25) is 0 Å². The number of benzene rings is 1. The van der Waals surface area contributed by atoms with Crippen LogP contribution in [0.25, 0.3) is 0 Å². The Morgan fingerprint density at radius 3 is 2.67 bits per heavy atom. The molecule has 0 unspecified atom stereocenters. The zero-order chi connectivity index (χ0) is 11.3. The lowest BCUT2D eigenvalue weighted by Crippen LogP contribution is -2.02. The molecule has 0 aliphatic rings. The van der Waals surface area contributed by atoms with Crippen molar-refractivity contribution in [1.82, 2.24) is 0 Å². The van der Waals surface area contributed by atoms with Crippen molar-refractivity contribution >= 4 is 0 Å². The van der Waals surface area contributed by atoms with E-state index in [0.29, 0.717) is 17.9 Å². The van der Waals surface area contributed by atoms with Crippen LogP contribution in [0.1, 0.15) is 25.0 Å². The lowest BCUT2D eigenvalue weighted by molar-refractivity contribution is 0.0657. The zero-order valence-corrected chi connectivity index (χ0v) is 9.28. The molecule has 0 aromatic heterocycles. The fourth-order valence-electron chi connectivity index (χ4n) is 1.20. The minimum Gasteiger partial charge on any atom is -0.495 e. The molecule has 1 aromatic rings. The third kappa shape index (κ3) is 3.26. The van der Waals surface area contributed by atoms with E-state index in [1.165, 1.54) is 0 Å². The van der Waals surface area contributed by atoms with Crippen LogP contribution in [-0.4, -0.2) is 13.2 Å². The van der Waals surface area contributed by atoms with Crippen molar-refractivity contribution < 1.29 is 9.47 Å². The average molecular weight is 205 g/mol. The number of nitrogens with zero attached hydrogens (tertiary/aromatic N) is 1. The second-order valence-electron chi connectivity index (χ2n) is 3.51. The third-order valence-electron chi connectivity index (χ3n) is 1.97. The van der Waals surface area contributed by atoms with Gasteiger partial charge in [-0.3, -0.25) is 0 Å². The first-order valence-electron chi connectivity index (χ1n) is 4.86. The van der Waals surface area contributed by atoms with Gasteiger partial charge in [0.2, 0.25) is 0 Å². The summed E-state index contributed by atoms with van der Waals surface area (Å²) in [6.45, 7) is 4.49. The summed E-state index contributed by atoms with van der Waals surface area (Å²) in [7, 11) is 1.56. The van der Waals surface area contributed by atoms with E-state index in [2.05, 4.69) is 6.07 Å². The molecule has 0 spiro atoms. The summed E-state index contributed by atoms with van der Waals surface area (Å²) in [6.07, 6.45) is 0.192. The second kappa shape index (κ2) is 5.38. The van der Waals surface area contributed by atoms with Gasteiger partial charge in [-0.05, 0) is 31.5 Å². The summed E-state index contributed by atoms with van der Waals surface area (Å²) < 4.78 is 10.5. The highest BCUT2D eigenvalue weighted by Gasteiger charge is 2.04. The fourth-order valence-corrected chi connectivity index (χ4v) is 1.20. The van der Waals surface area contributed by atoms with Gasteiger partial charge in [-0.1, -0.05) is 6.07 Å². The van der Waals surface area contributed by atoms with Crippen molar-refractivity contribution in [2.45, 2.75) is 26.6 Å². The molecule has 3 nitrogen and oxygen atoms in total. The molecule has 15 heavy (non-hydrogen) atoms. The Bertz CT molecular complexity index is 366. The van der Waals surface area contributed by atoms with E-state index in [9.17, 15) is 0 Å². The molecule has 0 saturated carbocycles. The van der Waals surface area contributed by atoms with Gasteiger partial charge >= 0.3 is 0 Å². The second-order valence-corrected chi connectivity index (χ2v) is 3.51. The highest BCUT2D eigenvalue weighted by molar-refractivity contribution is 5.45. The Labute approximate surface area is 90.2 Å². The van der Waals surface area contributed by atoms with E-state index >= 15 is 0 Å². The molecule has 0 fully saturated rings. The van der Waals surface area contributed by atoms with E-state index in [-0.39, 0.29) is 6.10 Å². The highest BCUT2D eigenvalue weighted by atomic mass is 16.5. The predicted octanol–water partition coefficient (Wildman–Crippen LogP) is 2.49. The standard InChI is InChI=1S/C12H15NO2/c1-9(2)15-8-10-4-5-12(14-3)11(6-10)7-13/h4-6,9H,8H2,1-3H3. The molecule has 3 heteroatoms. The quantitative estimate of drug-likeness (QED) is 0.758. The summed E-state index contributed by atoms with van der Waals surface area (Å²) >= 11 is 0. The summed E-state index contributed by atoms with van der Waals surface area (Å²) in [5.74, 6) is 0.603. The van der Waals surface area contributed by atoms with Crippen LogP contribution in [0.5, 0.6) is 5.75 Å². The number of ether oxygens (including phenoxy) is 2. The van der Waals surface area contributed by atoms with Gasteiger partial charge in [0.15, 0.2) is 0 Å². The molecule has 0 saturated heterocycles. The molecule has 0 aliphatic heterocycles. The molecule has 0 bridgehead atoms. The predicted molar refractivity (Wildman–Crippen MR) is 57.6 cm³/mol. The Morgan fingerprint density at radius 1 is 1.40 bits per heavy atom. The van der Waals surface area contributed by atoms with Crippen LogP contribution in [0, 0.1) is 11.3 Å². The van der Waals surface area contributed by atoms with Gasteiger partial charge in [-0.25, -0.2) is 0 Å². The maximum Gasteiger partial charge on any atom is 0.136 e. The zero-order valence-electron chi connectivity index (χ0n) is 9.28. The van der Waals surface area contributed by atoms with Crippen LogP contribution >= 0.6 is 0 Å². The first kappa shape index (κ1) is 11.5. The lowest BCUT2D eigenvalue weighted by Gasteiger charge is -2.09. The number of hydrogen-bond acceptors (Lipinski definition) is 3. The topological polar surface area (TPSA) is 42.2 Å². The minimum atomic E-state index is 0.192. The molecular formula is C12H15NO2. The molecule has 0 N–H and O–H groups in total. The number of methoxy groups -OCH3 is 1. The Hall–Kier alpha value is -1.53. The normalized spacial score (nSPS) is 10.1. The van der Waals surface area contributed by atoms with Crippen LogP contribution in [0.15, 0.2) is 18.2 Å². The van der Waals surface area contributed by atoms with E-state index in [0.717, 1.165) is 5.56 Å². The fraction of sp³-hybridized carbons (Fsp3) is 0.417. The average Bonchev–Trinajstić information content (AvgIpc) is 2.25.